The molecule has 6 heteroatoms. The van der Waals surface area contributed by atoms with Crippen molar-refractivity contribution in [2.45, 2.75) is 59.0 Å². The smallest absolute Gasteiger partial charge is 0.251 e. The first-order chi connectivity index (χ1) is 12.5. The lowest BCUT2D eigenvalue weighted by Crippen LogP contribution is -2.53. The summed E-state index contributed by atoms with van der Waals surface area (Å²) in [5, 5.41) is 0. The summed E-state index contributed by atoms with van der Waals surface area (Å²) in [5.74, 6) is 0.909. The van der Waals surface area contributed by atoms with Crippen LogP contribution in [0.4, 0.5) is 0 Å². The summed E-state index contributed by atoms with van der Waals surface area (Å²) in [5.41, 5.74) is 0. The maximum atomic E-state index is 12.5. The van der Waals surface area contributed by atoms with Crippen LogP contribution in [-0.4, -0.2) is 85.0 Å². The van der Waals surface area contributed by atoms with Gasteiger partial charge in [-0.05, 0) is 32.1 Å². The van der Waals surface area contributed by atoms with Gasteiger partial charge in [0.2, 0.25) is 5.91 Å². The first kappa shape index (κ1) is 21.2. The van der Waals surface area contributed by atoms with Crippen molar-refractivity contribution < 1.29 is 14.3 Å². The summed E-state index contributed by atoms with van der Waals surface area (Å²) < 4.78 is 5.68. The molecule has 0 spiro atoms. The van der Waals surface area contributed by atoms with E-state index in [2.05, 4.69) is 18.7 Å². The normalized spacial score (nSPS) is 20.9. The van der Waals surface area contributed by atoms with Gasteiger partial charge in [-0.3, -0.25) is 14.5 Å². The monoisotopic (exact) mass is 367 g/mol. The summed E-state index contributed by atoms with van der Waals surface area (Å²) in [4.78, 5) is 31.1. The van der Waals surface area contributed by atoms with Gasteiger partial charge in [0.15, 0.2) is 0 Å². The van der Waals surface area contributed by atoms with E-state index in [1.807, 2.05) is 16.7 Å². The fraction of sp³-hybridized carbons (Fsp3) is 0.900. The summed E-state index contributed by atoms with van der Waals surface area (Å²) in [6.45, 7) is 12.0. The molecule has 2 amide bonds. The SMILES string of the molecule is CC(C)CCOC(C)C(=O)N1CCN(CC(=O)N2CCCCCC2)CC1. The number of carbonyl (C=O) groups is 2. The zero-order chi connectivity index (χ0) is 18.9. The van der Waals surface area contributed by atoms with E-state index < -0.39 is 0 Å². The molecule has 2 fully saturated rings. The second kappa shape index (κ2) is 10.9. The van der Waals surface area contributed by atoms with Crippen LogP contribution in [0.25, 0.3) is 0 Å². The number of hydrogen-bond donors (Lipinski definition) is 0. The molecule has 0 aromatic rings. The van der Waals surface area contributed by atoms with Gasteiger partial charge in [0.05, 0.1) is 6.54 Å². The highest BCUT2D eigenvalue weighted by molar-refractivity contribution is 5.81. The Morgan fingerprint density at radius 3 is 2.04 bits per heavy atom. The summed E-state index contributed by atoms with van der Waals surface area (Å²) in [6, 6.07) is 0. The molecule has 2 saturated heterocycles. The molecule has 0 aliphatic carbocycles. The fourth-order valence-electron chi connectivity index (χ4n) is 3.55. The Morgan fingerprint density at radius 1 is 0.846 bits per heavy atom. The highest BCUT2D eigenvalue weighted by Gasteiger charge is 2.27. The average Bonchev–Trinajstić information content (AvgIpc) is 2.91. The molecule has 0 aromatic carbocycles. The molecule has 2 heterocycles. The van der Waals surface area contributed by atoms with Crippen LogP contribution < -0.4 is 0 Å². The van der Waals surface area contributed by atoms with Gasteiger partial charge in [-0.25, -0.2) is 0 Å². The molecule has 0 saturated carbocycles. The topological polar surface area (TPSA) is 53.1 Å². The molecule has 2 aliphatic rings. The Labute approximate surface area is 158 Å². The first-order valence-corrected chi connectivity index (χ1v) is 10.4. The number of piperazine rings is 1. The van der Waals surface area contributed by atoms with E-state index in [1.165, 1.54) is 12.8 Å². The van der Waals surface area contributed by atoms with Gasteiger partial charge in [0.25, 0.3) is 5.91 Å². The number of amides is 2. The van der Waals surface area contributed by atoms with E-state index in [1.54, 1.807) is 0 Å². The highest BCUT2D eigenvalue weighted by Crippen LogP contribution is 2.12. The quantitative estimate of drug-likeness (QED) is 0.690. The third kappa shape index (κ3) is 6.88. The van der Waals surface area contributed by atoms with Gasteiger partial charge in [0, 0.05) is 45.9 Å². The minimum atomic E-state index is -0.376. The molecule has 1 unspecified atom stereocenters. The van der Waals surface area contributed by atoms with Crippen molar-refractivity contribution in [1.29, 1.82) is 0 Å². The van der Waals surface area contributed by atoms with E-state index in [4.69, 9.17) is 4.74 Å². The van der Waals surface area contributed by atoms with Gasteiger partial charge in [-0.2, -0.15) is 0 Å². The van der Waals surface area contributed by atoms with Crippen LogP contribution in [-0.2, 0) is 14.3 Å². The number of ether oxygens (including phenoxy) is 1. The van der Waals surface area contributed by atoms with Crippen molar-refractivity contribution in [2.24, 2.45) is 5.92 Å². The first-order valence-electron chi connectivity index (χ1n) is 10.4. The van der Waals surface area contributed by atoms with Gasteiger partial charge in [-0.1, -0.05) is 26.7 Å². The number of nitrogens with zero attached hydrogens (tertiary/aromatic N) is 3. The van der Waals surface area contributed by atoms with Crippen molar-refractivity contribution in [3.8, 4) is 0 Å². The molecule has 0 N–H and O–H groups in total. The zero-order valence-electron chi connectivity index (χ0n) is 16.9. The largest absolute Gasteiger partial charge is 0.369 e. The Kier molecular flexibility index (Phi) is 8.85. The molecule has 1 atom stereocenters. The molecule has 6 nitrogen and oxygen atoms in total. The molecular weight excluding hydrogens is 330 g/mol. The van der Waals surface area contributed by atoms with Crippen molar-refractivity contribution in [1.82, 2.24) is 14.7 Å². The van der Waals surface area contributed by atoms with Crippen molar-refractivity contribution >= 4 is 11.8 Å². The Balaban J connectivity index is 1.69. The maximum absolute atomic E-state index is 12.5. The van der Waals surface area contributed by atoms with Gasteiger partial charge in [-0.15, -0.1) is 0 Å². The van der Waals surface area contributed by atoms with E-state index in [-0.39, 0.29) is 17.9 Å². The van der Waals surface area contributed by atoms with Crippen LogP contribution in [0.1, 0.15) is 52.9 Å². The van der Waals surface area contributed by atoms with Crippen LogP contribution in [0.2, 0.25) is 0 Å². The molecule has 0 bridgehead atoms. The van der Waals surface area contributed by atoms with Gasteiger partial charge >= 0.3 is 0 Å². The summed E-state index contributed by atoms with van der Waals surface area (Å²) in [7, 11) is 0. The predicted octanol–water partition coefficient (Wildman–Crippen LogP) is 1.98. The summed E-state index contributed by atoms with van der Waals surface area (Å²) >= 11 is 0. The third-order valence-corrected chi connectivity index (χ3v) is 5.41. The molecule has 0 radical (unpaired) electrons. The van der Waals surface area contributed by atoms with Crippen LogP contribution in [0.5, 0.6) is 0 Å². The van der Waals surface area contributed by atoms with E-state index in [9.17, 15) is 9.59 Å². The van der Waals surface area contributed by atoms with Crippen molar-refractivity contribution in [3.05, 3.63) is 0 Å². The lowest BCUT2D eigenvalue weighted by molar-refractivity contribution is -0.145. The van der Waals surface area contributed by atoms with Gasteiger partial charge < -0.3 is 14.5 Å². The number of hydrogen-bond acceptors (Lipinski definition) is 4. The standard InChI is InChI=1S/C20H37N3O3/c1-17(2)8-15-26-18(3)20(25)23-13-11-21(12-14-23)16-19(24)22-9-6-4-5-7-10-22/h17-18H,4-16H2,1-3H3. The number of carbonyl (C=O) groups excluding carboxylic acids is 2. The van der Waals surface area contributed by atoms with Crippen LogP contribution >= 0.6 is 0 Å². The lowest BCUT2D eigenvalue weighted by atomic mass is 10.1. The molecule has 2 rings (SSSR count). The van der Waals surface area contributed by atoms with Crippen LogP contribution in [0, 0.1) is 5.92 Å². The minimum absolute atomic E-state index is 0.0762. The molecule has 26 heavy (non-hydrogen) atoms. The molecule has 0 aromatic heterocycles. The van der Waals surface area contributed by atoms with E-state index >= 15 is 0 Å². The van der Waals surface area contributed by atoms with Gasteiger partial charge in [0.1, 0.15) is 6.10 Å². The Morgan fingerprint density at radius 2 is 1.46 bits per heavy atom. The predicted molar refractivity (Wildman–Crippen MR) is 103 cm³/mol. The fourth-order valence-corrected chi connectivity index (χ4v) is 3.55. The second-order valence-electron chi connectivity index (χ2n) is 8.09. The molecule has 2 aliphatic heterocycles. The third-order valence-electron chi connectivity index (χ3n) is 5.41. The lowest BCUT2D eigenvalue weighted by Gasteiger charge is -2.36. The van der Waals surface area contributed by atoms with Crippen molar-refractivity contribution in [3.63, 3.8) is 0 Å². The maximum Gasteiger partial charge on any atom is 0.251 e. The highest BCUT2D eigenvalue weighted by atomic mass is 16.5. The Bertz CT molecular complexity index is 440. The number of rotatable bonds is 7. The molecular formula is C20H37N3O3. The second-order valence-corrected chi connectivity index (χ2v) is 8.09. The summed E-state index contributed by atoms with van der Waals surface area (Å²) in [6.07, 6.45) is 5.33. The Hall–Kier alpha value is -1.14. The van der Waals surface area contributed by atoms with Crippen LogP contribution in [0.3, 0.4) is 0 Å². The zero-order valence-corrected chi connectivity index (χ0v) is 16.9. The average molecular weight is 368 g/mol. The van der Waals surface area contributed by atoms with Crippen LogP contribution in [0.15, 0.2) is 0 Å². The number of likely N-dealkylation sites (tertiary alicyclic amines) is 1. The van der Waals surface area contributed by atoms with E-state index in [0.717, 1.165) is 45.4 Å². The van der Waals surface area contributed by atoms with E-state index in [0.29, 0.717) is 32.2 Å². The molecule has 150 valence electrons. The van der Waals surface area contributed by atoms with Crippen molar-refractivity contribution in [2.75, 3.05) is 52.4 Å². The minimum Gasteiger partial charge on any atom is -0.369 e.